The molecule has 5 heteroatoms. The van der Waals surface area contributed by atoms with Crippen LogP contribution in [0.15, 0.2) is 106 Å². The third-order valence-corrected chi connectivity index (χ3v) is 5.86. The molecule has 0 radical (unpaired) electrons. The van der Waals surface area contributed by atoms with Crippen molar-refractivity contribution in [3.63, 3.8) is 0 Å². The Kier molecular flexibility index (Phi) is 5.46. The van der Waals surface area contributed by atoms with E-state index in [1.54, 1.807) is 0 Å². The second-order valence-corrected chi connectivity index (χ2v) is 7.97. The Hall–Kier alpha value is -3.36. The molecule has 0 saturated heterocycles. The van der Waals surface area contributed by atoms with Gasteiger partial charge in [-0.05, 0) is 24.6 Å². The van der Waals surface area contributed by atoms with Gasteiger partial charge in [0.25, 0.3) is 0 Å². The molecular weight excluding hydrogens is 376 g/mol. The van der Waals surface area contributed by atoms with Crippen LogP contribution in [0, 0.1) is 11.3 Å². The second-order valence-electron chi connectivity index (χ2n) is 6.91. The number of nitrogens with zero attached hydrogens (tertiary/aromatic N) is 3. The van der Waals surface area contributed by atoms with Gasteiger partial charge in [-0.25, -0.2) is 4.99 Å². The van der Waals surface area contributed by atoms with Crippen molar-refractivity contribution in [3.05, 3.63) is 102 Å². The first-order chi connectivity index (χ1) is 14.2. The zero-order valence-electron chi connectivity index (χ0n) is 16.0. The number of hydrazone groups is 1. The summed E-state index contributed by atoms with van der Waals surface area (Å²) in [4.78, 5) is 6.03. The average Bonchev–Trinajstić information content (AvgIpc) is 2.80. The monoisotopic (exact) mass is 396 g/mol. The largest absolute Gasteiger partial charge is 0.255 e. The molecule has 0 spiro atoms. The van der Waals surface area contributed by atoms with Gasteiger partial charge in [-0.15, -0.1) is 0 Å². The molecule has 0 aliphatic carbocycles. The first-order valence-electron chi connectivity index (χ1n) is 9.37. The minimum Gasteiger partial charge on any atom is -0.255 e. The maximum Gasteiger partial charge on any atom is 0.182 e. The van der Waals surface area contributed by atoms with Gasteiger partial charge < -0.3 is 0 Å². The smallest absolute Gasteiger partial charge is 0.182 e. The molecule has 1 N–H and O–H groups in total. The zero-order chi connectivity index (χ0) is 20.1. The van der Waals surface area contributed by atoms with Crippen molar-refractivity contribution in [2.24, 2.45) is 10.1 Å². The summed E-state index contributed by atoms with van der Waals surface area (Å²) in [5, 5.41) is 15.6. The van der Waals surface area contributed by atoms with Crippen LogP contribution in [0.3, 0.4) is 0 Å². The maximum atomic E-state index is 10.2. The van der Waals surface area contributed by atoms with Gasteiger partial charge in [0.1, 0.15) is 11.5 Å². The highest BCUT2D eigenvalue weighted by atomic mass is 32.2. The van der Waals surface area contributed by atoms with E-state index in [-0.39, 0.29) is 0 Å². The lowest BCUT2D eigenvalue weighted by molar-refractivity contribution is 0.554. The van der Waals surface area contributed by atoms with Crippen molar-refractivity contribution in [3.8, 4) is 6.07 Å². The second kappa shape index (κ2) is 8.34. The van der Waals surface area contributed by atoms with E-state index in [0.717, 1.165) is 21.7 Å². The van der Waals surface area contributed by atoms with Crippen molar-refractivity contribution < 1.29 is 0 Å². The summed E-state index contributed by atoms with van der Waals surface area (Å²) in [5.74, 6) is 0. The highest BCUT2D eigenvalue weighted by Crippen LogP contribution is 2.34. The Bertz CT molecular complexity index is 1070. The number of aliphatic imine (C=N–C) groups is 1. The normalized spacial score (nSPS) is 17.9. The molecule has 2 atom stereocenters. The standard InChI is InChI=1S/C24H20N4S/c1-24(17-25,19-13-7-3-8-14-19)22-21(18-11-5-2-6-12-18)27-28-23(26-22)29-20-15-9-4-10-16-20/h2-16,22H,1H3,(H,26,28). The Labute approximate surface area is 175 Å². The predicted octanol–water partition coefficient (Wildman–Crippen LogP) is 4.99. The SMILES string of the molecule is CC(C#N)(c1ccccc1)C1N=C(Sc2ccccc2)NN=C1c1ccccc1. The highest BCUT2D eigenvalue weighted by molar-refractivity contribution is 8.13. The number of nitriles is 1. The molecule has 3 aromatic carbocycles. The number of thioether (sulfide) groups is 1. The molecule has 0 saturated carbocycles. The topological polar surface area (TPSA) is 60.5 Å². The molecule has 4 rings (SSSR count). The van der Waals surface area contributed by atoms with E-state index in [1.807, 2.05) is 97.9 Å². The lowest BCUT2D eigenvalue weighted by Crippen LogP contribution is -2.45. The molecule has 3 aromatic rings. The fraction of sp³-hybridized carbons (Fsp3) is 0.125. The minimum absolute atomic E-state index is 0.440. The predicted molar refractivity (Wildman–Crippen MR) is 119 cm³/mol. The van der Waals surface area contributed by atoms with Crippen LogP contribution in [-0.2, 0) is 5.41 Å². The quantitative estimate of drug-likeness (QED) is 0.676. The molecule has 0 amide bonds. The number of nitrogens with one attached hydrogen (secondary N) is 1. The van der Waals surface area contributed by atoms with Gasteiger partial charge in [0.15, 0.2) is 5.17 Å². The zero-order valence-corrected chi connectivity index (χ0v) is 16.8. The van der Waals surface area contributed by atoms with Crippen LogP contribution in [-0.4, -0.2) is 16.9 Å². The average molecular weight is 397 g/mol. The summed E-state index contributed by atoms with van der Waals surface area (Å²) in [6.45, 7) is 1.94. The molecule has 4 nitrogen and oxygen atoms in total. The van der Waals surface area contributed by atoms with Gasteiger partial charge in [-0.2, -0.15) is 10.4 Å². The summed E-state index contributed by atoms with van der Waals surface area (Å²) in [5.41, 5.74) is 4.86. The number of hydrogen-bond donors (Lipinski definition) is 1. The number of rotatable bonds is 4. The molecule has 29 heavy (non-hydrogen) atoms. The minimum atomic E-state index is -0.861. The number of benzene rings is 3. The summed E-state index contributed by atoms with van der Waals surface area (Å²) < 4.78 is 0. The van der Waals surface area contributed by atoms with Gasteiger partial charge in [0, 0.05) is 10.5 Å². The fourth-order valence-electron chi connectivity index (χ4n) is 3.33. The van der Waals surface area contributed by atoms with Crippen molar-refractivity contribution in [1.29, 1.82) is 5.26 Å². The van der Waals surface area contributed by atoms with Gasteiger partial charge in [-0.3, -0.25) is 5.43 Å². The van der Waals surface area contributed by atoms with E-state index in [0.29, 0.717) is 5.17 Å². The van der Waals surface area contributed by atoms with E-state index >= 15 is 0 Å². The summed E-state index contributed by atoms with van der Waals surface area (Å²) in [6, 6.07) is 31.8. The molecule has 1 heterocycles. The lowest BCUT2D eigenvalue weighted by atomic mass is 9.74. The molecule has 0 bridgehead atoms. The molecule has 0 fully saturated rings. The van der Waals surface area contributed by atoms with Crippen molar-refractivity contribution >= 4 is 22.6 Å². The van der Waals surface area contributed by atoms with Crippen LogP contribution in [0.5, 0.6) is 0 Å². The van der Waals surface area contributed by atoms with E-state index in [1.165, 1.54) is 11.8 Å². The van der Waals surface area contributed by atoms with E-state index < -0.39 is 11.5 Å². The molecule has 142 valence electrons. The molecular formula is C24H20N4S. The summed E-state index contributed by atoms with van der Waals surface area (Å²) >= 11 is 1.51. The highest BCUT2D eigenvalue weighted by Gasteiger charge is 2.42. The number of hydrogen-bond acceptors (Lipinski definition) is 5. The Morgan fingerprint density at radius 2 is 1.48 bits per heavy atom. The summed E-state index contributed by atoms with van der Waals surface area (Å²) in [6.07, 6.45) is 0. The van der Waals surface area contributed by atoms with Gasteiger partial charge in [0.2, 0.25) is 0 Å². The first kappa shape index (κ1) is 19.0. The maximum absolute atomic E-state index is 10.2. The van der Waals surface area contributed by atoms with E-state index in [2.05, 4.69) is 16.6 Å². The first-order valence-corrected chi connectivity index (χ1v) is 10.2. The van der Waals surface area contributed by atoms with Crippen LogP contribution in [0.2, 0.25) is 0 Å². The van der Waals surface area contributed by atoms with Crippen LogP contribution in [0.1, 0.15) is 18.1 Å². The van der Waals surface area contributed by atoms with Crippen molar-refractivity contribution in [2.75, 3.05) is 0 Å². The molecule has 1 aliphatic heterocycles. The Morgan fingerprint density at radius 3 is 2.10 bits per heavy atom. The third-order valence-electron chi connectivity index (χ3n) is 4.96. The number of amidine groups is 1. The third kappa shape index (κ3) is 3.94. The van der Waals surface area contributed by atoms with Crippen LogP contribution >= 0.6 is 11.8 Å². The lowest BCUT2D eigenvalue weighted by Gasteiger charge is -2.33. The Morgan fingerprint density at radius 1 is 0.897 bits per heavy atom. The van der Waals surface area contributed by atoms with E-state index in [9.17, 15) is 5.26 Å². The fourth-order valence-corrected chi connectivity index (χ4v) is 4.09. The van der Waals surface area contributed by atoms with Gasteiger partial charge in [-0.1, -0.05) is 90.6 Å². The van der Waals surface area contributed by atoms with Crippen molar-refractivity contribution in [1.82, 2.24) is 5.43 Å². The van der Waals surface area contributed by atoms with Crippen LogP contribution < -0.4 is 5.43 Å². The van der Waals surface area contributed by atoms with Crippen LogP contribution in [0.25, 0.3) is 0 Å². The molecule has 0 aromatic heterocycles. The molecule has 2 unspecified atom stereocenters. The van der Waals surface area contributed by atoms with Crippen LogP contribution in [0.4, 0.5) is 0 Å². The van der Waals surface area contributed by atoms with Gasteiger partial charge >= 0.3 is 0 Å². The Balaban J connectivity index is 1.78. The van der Waals surface area contributed by atoms with Gasteiger partial charge in [0.05, 0.1) is 11.8 Å². The van der Waals surface area contributed by atoms with Crippen molar-refractivity contribution in [2.45, 2.75) is 23.3 Å². The summed E-state index contributed by atoms with van der Waals surface area (Å²) in [7, 11) is 0. The van der Waals surface area contributed by atoms with E-state index in [4.69, 9.17) is 4.99 Å². The molecule has 1 aliphatic rings.